The molecule has 0 aromatic heterocycles. The summed E-state index contributed by atoms with van der Waals surface area (Å²) in [7, 11) is 0. The second kappa shape index (κ2) is 6.20. The lowest BCUT2D eigenvalue weighted by Crippen LogP contribution is -2.13. The number of aliphatic hydroxyl groups excluding tert-OH is 1. The summed E-state index contributed by atoms with van der Waals surface area (Å²) in [6, 6.07) is 0. The van der Waals surface area contributed by atoms with E-state index in [-0.39, 0.29) is 18.9 Å². The summed E-state index contributed by atoms with van der Waals surface area (Å²) < 4.78 is 0. The zero-order valence-electron chi connectivity index (χ0n) is 8.96. The van der Waals surface area contributed by atoms with Crippen molar-refractivity contribution in [3.05, 3.63) is 12.2 Å². The average Bonchev–Trinajstić information content (AvgIpc) is 1.84. The molecular weight excluding hydrogens is 160 g/mol. The van der Waals surface area contributed by atoms with E-state index in [1.54, 1.807) is 0 Å². The number of allylic oxidation sites excluding steroid dienone is 1. The molecule has 1 N–H and O–H groups in total. The van der Waals surface area contributed by atoms with Crippen LogP contribution in [-0.2, 0) is 0 Å². The first-order valence-corrected chi connectivity index (χ1v) is 4.68. The fraction of sp³-hybridized carbons (Fsp3) is 0.833. The van der Waals surface area contributed by atoms with Crippen LogP contribution >= 0.6 is 0 Å². The molecule has 1 heteroatoms. The molecular formula is C12H26O. The predicted octanol–water partition coefficient (Wildman–Crippen LogP) is 3.63. The van der Waals surface area contributed by atoms with E-state index in [1.807, 2.05) is 13.8 Å². The maximum absolute atomic E-state index is 9.47. The van der Waals surface area contributed by atoms with Gasteiger partial charge in [0, 0.05) is 0 Å². The first-order valence-electron chi connectivity index (χ1n) is 4.68. The van der Waals surface area contributed by atoms with Gasteiger partial charge in [0.25, 0.3) is 0 Å². The molecule has 0 unspecified atom stereocenters. The Kier molecular flexibility index (Phi) is 7.24. The fourth-order valence-electron chi connectivity index (χ4n) is 0.833. The summed E-state index contributed by atoms with van der Waals surface area (Å²) in [5.41, 5.74) is 0.233. The first kappa shape index (κ1) is 15.2. The van der Waals surface area contributed by atoms with Crippen molar-refractivity contribution in [3.63, 3.8) is 0 Å². The largest absolute Gasteiger partial charge is 0.393 e. The van der Waals surface area contributed by atoms with Gasteiger partial charge in [-0.1, -0.05) is 54.2 Å². The van der Waals surface area contributed by atoms with E-state index < -0.39 is 0 Å². The van der Waals surface area contributed by atoms with E-state index in [1.165, 1.54) is 0 Å². The lowest BCUT2D eigenvalue weighted by Gasteiger charge is -2.14. The Balaban J connectivity index is 0. The van der Waals surface area contributed by atoms with E-state index in [9.17, 15) is 5.11 Å². The summed E-state index contributed by atoms with van der Waals surface area (Å²) in [5, 5.41) is 9.47. The quantitative estimate of drug-likeness (QED) is 0.667. The SMILES string of the molecule is C.CC(C)[C@@H](O)CC=CC(C)(C)C. The van der Waals surface area contributed by atoms with E-state index >= 15 is 0 Å². The molecule has 1 nitrogen and oxygen atoms in total. The molecule has 0 amide bonds. The van der Waals surface area contributed by atoms with Gasteiger partial charge in [-0.2, -0.15) is 0 Å². The van der Waals surface area contributed by atoms with E-state index in [0.29, 0.717) is 5.92 Å². The van der Waals surface area contributed by atoms with Crippen LogP contribution in [0.4, 0.5) is 0 Å². The van der Waals surface area contributed by atoms with Gasteiger partial charge in [0.15, 0.2) is 0 Å². The van der Waals surface area contributed by atoms with Crippen molar-refractivity contribution >= 4 is 0 Å². The third-order valence-corrected chi connectivity index (χ3v) is 1.76. The molecule has 80 valence electrons. The molecule has 0 rings (SSSR count). The maximum Gasteiger partial charge on any atom is 0.0597 e. The Bertz CT molecular complexity index is 140. The Morgan fingerprint density at radius 1 is 1.23 bits per heavy atom. The predicted molar refractivity (Wildman–Crippen MR) is 60.8 cm³/mol. The Hall–Kier alpha value is -0.300. The molecule has 0 saturated heterocycles. The van der Waals surface area contributed by atoms with Gasteiger partial charge in [0.2, 0.25) is 0 Å². The summed E-state index contributed by atoms with van der Waals surface area (Å²) in [6.45, 7) is 10.5. The highest BCUT2D eigenvalue weighted by Crippen LogP contribution is 2.16. The lowest BCUT2D eigenvalue weighted by molar-refractivity contribution is 0.128. The molecule has 0 heterocycles. The van der Waals surface area contributed by atoms with E-state index in [0.717, 1.165) is 6.42 Å². The minimum Gasteiger partial charge on any atom is -0.393 e. The van der Waals surface area contributed by atoms with Crippen LogP contribution in [0.5, 0.6) is 0 Å². The van der Waals surface area contributed by atoms with E-state index in [2.05, 4.69) is 32.9 Å². The number of aliphatic hydroxyl groups is 1. The number of hydrogen-bond donors (Lipinski definition) is 1. The third-order valence-electron chi connectivity index (χ3n) is 1.76. The molecule has 0 radical (unpaired) electrons. The molecule has 0 saturated carbocycles. The highest BCUT2D eigenvalue weighted by molar-refractivity contribution is 4.93. The van der Waals surface area contributed by atoms with Gasteiger partial charge in [-0.15, -0.1) is 0 Å². The van der Waals surface area contributed by atoms with Crippen LogP contribution in [0.25, 0.3) is 0 Å². The van der Waals surface area contributed by atoms with Gasteiger partial charge < -0.3 is 5.11 Å². The van der Waals surface area contributed by atoms with Crippen molar-refractivity contribution in [2.75, 3.05) is 0 Å². The zero-order valence-corrected chi connectivity index (χ0v) is 8.96. The standard InChI is InChI=1S/C11H22O.CH4/c1-9(2)10(12)7-6-8-11(3,4)5;/h6,8-10,12H,7H2,1-5H3;1H4/t10-;/m0./s1. The van der Waals surface area contributed by atoms with Gasteiger partial charge >= 0.3 is 0 Å². The average molecular weight is 186 g/mol. The van der Waals surface area contributed by atoms with Crippen LogP contribution in [-0.4, -0.2) is 11.2 Å². The summed E-state index contributed by atoms with van der Waals surface area (Å²) >= 11 is 0. The Morgan fingerprint density at radius 3 is 2.00 bits per heavy atom. The minimum atomic E-state index is -0.191. The van der Waals surface area contributed by atoms with Gasteiger partial charge in [-0.05, 0) is 17.8 Å². The maximum atomic E-state index is 9.47. The first-order chi connectivity index (χ1) is 5.33. The summed E-state index contributed by atoms with van der Waals surface area (Å²) in [6.07, 6.45) is 4.81. The topological polar surface area (TPSA) is 20.2 Å². The molecule has 0 fully saturated rings. The number of rotatable bonds is 3. The van der Waals surface area contributed by atoms with Crippen LogP contribution in [0.15, 0.2) is 12.2 Å². The molecule has 0 aliphatic heterocycles. The molecule has 1 atom stereocenters. The van der Waals surface area contributed by atoms with E-state index in [4.69, 9.17) is 0 Å². The van der Waals surface area contributed by atoms with Gasteiger partial charge in [-0.25, -0.2) is 0 Å². The van der Waals surface area contributed by atoms with Crippen LogP contribution < -0.4 is 0 Å². The minimum absolute atomic E-state index is 0. The highest BCUT2D eigenvalue weighted by atomic mass is 16.3. The van der Waals surface area contributed by atoms with Crippen molar-refractivity contribution in [2.24, 2.45) is 11.3 Å². The molecule has 0 aliphatic carbocycles. The summed E-state index contributed by atoms with van der Waals surface area (Å²) in [5.74, 6) is 0.356. The smallest absolute Gasteiger partial charge is 0.0597 e. The van der Waals surface area contributed by atoms with Crippen LogP contribution in [0.2, 0.25) is 0 Å². The fourth-order valence-corrected chi connectivity index (χ4v) is 0.833. The van der Waals surface area contributed by atoms with Crippen molar-refractivity contribution in [1.82, 2.24) is 0 Å². The van der Waals surface area contributed by atoms with Gasteiger partial charge in [0.05, 0.1) is 6.10 Å². The monoisotopic (exact) mass is 186 g/mol. The van der Waals surface area contributed by atoms with Crippen LogP contribution in [0.3, 0.4) is 0 Å². The molecule has 0 aromatic rings. The number of hydrogen-bond acceptors (Lipinski definition) is 1. The highest BCUT2D eigenvalue weighted by Gasteiger charge is 2.08. The molecule has 0 aliphatic rings. The second-order valence-electron chi connectivity index (χ2n) is 4.82. The van der Waals surface area contributed by atoms with Crippen molar-refractivity contribution < 1.29 is 5.11 Å². The zero-order chi connectivity index (χ0) is 9.78. The second-order valence-corrected chi connectivity index (χ2v) is 4.82. The molecule has 0 spiro atoms. The Labute approximate surface area is 83.9 Å². The van der Waals surface area contributed by atoms with Gasteiger partial charge in [0.1, 0.15) is 0 Å². The van der Waals surface area contributed by atoms with Crippen LogP contribution in [0, 0.1) is 11.3 Å². The van der Waals surface area contributed by atoms with Crippen molar-refractivity contribution in [3.8, 4) is 0 Å². The lowest BCUT2D eigenvalue weighted by atomic mass is 9.94. The van der Waals surface area contributed by atoms with Crippen molar-refractivity contribution in [1.29, 1.82) is 0 Å². The molecule has 13 heavy (non-hydrogen) atoms. The van der Waals surface area contributed by atoms with Crippen molar-refractivity contribution in [2.45, 2.75) is 54.6 Å². The van der Waals surface area contributed by atoms with Crippen LogP contribution in [0.1, 0.15) is 48.5 Å². The Morgan fingerprint density at radius 2 is 1.69 bits per heavy atom. The normalized spacial score (nSPS) is 14.7. The molecule has 0 aromatic carbocycles. The summed E-state index contributed by atoms with van der Waals surface area (Å²) in [4.78, 5) is 0. The van der Waals surface area contributed by atoms with Gasteiger partial charge in [-0.3, -0.25) is 0 Å². The molecule has 0 bridgehead atoms. The third kappa shape index (κ3) is 9.62.